The molecule has 8 nitrogen and oxygen atoms in total. The number of piperidine rings is 1. The maximum atomic E-state index is 13.5. The molecule has 0 spiro atoms. The summed E-state index contributed by atoms with van der Waals surface area (Å²) >= 11 is 0. The van der Waals surface area contributed by atoms with Crippen molar-refractivity contribution in [2.75, 3.05) is 40.5 Å². The van der Waals surface area contributed by atoms with Gasteiger partial charge in [0.2, 0.25) is 0 Å². The molecule has 186 valence electrons. The molecule has 8 heteroatoms. The molecule has 1 saturated heterocycles. The van der Waals surface area contributed by atoms with Gasteiger partial charge in [-0.15, -0.1) is 0 Å². The van der Waals surface area contributed by atoms with Crippen molar-refractivity contribution in [2.24, 2.45) is 11.0 Å². The van der Waals surface area contributed by atoms with E-state index in [9.17, 15) is 9.59 Å². The van der Waals surface area contributed by atoms with Gasteiger partial charge in [0.05, 0.1) is 45.0 Å². The molecule has 0 aliphatic carbocycles. The number of amides is 1. The van der Waals surface area contributed by atoms with Gasteiger partial charge in [-0.25, -0.2) is 5.01 Å². The largest absolute Gasteiger partial charge is 0.497 e. The number of likely N-dealkylation sites (tertiary alicyclic amines) is 1. The molecule has 2 aromatic carbocycles. The zero-order valence-corrected chi connectivity index (χ0v) is 20.6. The highest BCUT2D eigenvalue weighted by Crippen LogP contribution is 2.36. The summed E-state index contributed by atoms with van der Waals surface area (Å²) in [4.78, 5) is 27.6. The Kier molecular flexibility index (Phi) is 8.02. The fraction of sp³-hybridized carbons (Fsp3) is 0.444. The van der Waals surface area contributed by atoms with Crippen molar-refractivity contribution in [3.8, 4) is 11.5 Å². The zero-order valence-electron chi connectivity index (χ0n) is 20.6. The van der Waals surface area contributed by atoms with Crippen LogP contribution >= 0.6 is 0 Å². The van der Waals surface area contributed by atoms with Crippen LogP contribution in [0.25, 0.3) is 0 Å². The molecule has 0 bridgehead atoms. The number of hydrazone groups is 1. The van der Waals surface area contributed by atoms with Crippen LogP contribution in [0.15, 0.2) is 53.6 Å². The normalized spacial score (nSPS) is 18.8. The highest BCUT2D eigenvalue weighted by atomic mass is 16.5. The van der Waals surface area contributed by atoms with Crippen molar-refractivity contribution in [2.45, 2.75) is 32.2 Å². The molecule has 4 rings (SSSR count). The summed E-state index contributed by atoms with van der Waals surface area (Å²) in [5.74, 6) is 1.08. The lowest BCUT2D eigenvalue weighted by Crippen LogP contribution is -2.43. The van der Waals surface area contributed by atoms with E-state index in [2.05, 4.69) is 4.90 Å². The summed E-state index contributed by atoms with van der Waals surface area (Å²) in [5.41, 5.74) is 2.68. The van der Waals surface area contributed by atoms with Crippen molar-refractivity contribution < 1.29 is 23.8 Å². The molecule has 2 aliphatic heterocycles. The number of hydrogen-bond donors (Lipinski definition) is 0. The van der Waals surface area contributed by atoms with Gasteiger partial charge in [-0.3, -0.25) is 14.5 Å². The lowest BCUT2D eigenvalue weighted by molar-refractivity contribution is -0.149. The second kappa shape index (κ2) is 11.4. The molecule has 1 atom stereocenters. The van der Waals surface area contributed by atoms with E-state index in [4.69, 9.17) is 19.3 Å². The molecule has 2 aliphatic rings. The summed E-state index contributed by atoms with van der Waals surface area (Å²) in [5, 5.41) is 6.41. The first-order chi connectivity index (χ1) is 17.0. The highest BCUT2D eigenvalue weighted by molar-refractivity contribution is 6.05. The lowest BCUT2D eigenvalue weighted by atomic mass is 9.96. The second-order valence-corrected chi connectivity index (χ2v) is 8.78. The first kappa shape index (κ1) is 24.7. The van der Waals surface area contributed by atoms with Crippen molar-refractivity contribution >= 4 is 17.6 Å². The molecule has 1 amide bonds. The van der Waals surface area contributed by atoms with Gasteiger partial charge in [0.15, 0.2) is 0 Å². The number of carbonyl (C=O) groups excluding carboxylic acids is 2. The van der Waals surface area contributed by atoms with Crippen molar-refractivity contribution in [1.29, 1.82) is 0 Å². The Morgan fingerprint density at radius 3 is 2.43 bits per heavy atom. The summed E-state index contributed by atoms with van der Waals surface area (Å²) in [6.45, 7) is 3.84. The molecule has 1 fully saturated rings. The number of esters is 1. The van der Waals surface area contributed by atoms with Crippen LogP contribution in [-0.4, -0.2) is 68.0 Å². The summed E-state index contributed by atoms with van der Waals surface area (Å²) < 4.78 is 16.1. The van der Waals surface area contributed by atoms with Gasteiger partial charge in [-0.2, -0.15) is 5.10 Å². The van der Waals surface area contributed by atoms with Gasteiger partial charge >= 0.3 is 5.97 Å². The van der Waals surface area contributed by atoms with E-state index in [0.717, 1.165) is 16.8 Å². The molecule has 2 aromatic rings. The predicted octanol–water partition coefficient (Wildman–Crippen LogP) is 3.66. The van der Waals surface area contributed by atoms with Gasteiger partial charge < -0.3 is 14.2 Å². The van der Waals surface area contributed by atoms with Crippen LogP contribution in [-0.2, 0) is 14.3 Å². The fourth-order valence-electron chi connectivity index (χ4n) is 4.73. The SMILES string of the molecule is CCOC(=O)C1CCN(CC(=O)N2N=C(c3ccc(OC)cc3OC)C[C@@H]2c2ccccc2)CC1. The second-order valence-electron chi connectivity index (χ2n) is 8.78. The number of carbonyl (C=O) groups is 2. The van der Waals surface area contributed by atoms with E-state index in [0.29, 0.717) is 50.5 Å². The first-order valence-corrected chi connectivity index (χ1v) is 12.1. The van der Waals surface area contributed by atoms with Crippen LogP contribution in [0.2, 0.25) is 0 Å². The Balaban J connectivity index is 1.52. The van der Waals surface area contributed by atoms with Gasteiger partial charge in [-0.05, 0) is 50.6 Å². The third kappa shape index (κ3) is 5.65. The Morgan fingerprint density at radius 2 is 1.77 bits per heavy atom. The standard InChI is InChI=1S/C27H33N3O5/c1-4-35-27(32)20-12-14-29(15-13-20)18-26(31)30-24(19-8-6-5-7-9-19)17-23(28-30)22-11-10-21(33-2)16-25(22)34-3/h5-11,16,20,24H,4,12-15,17-18H2,1-3H3/t24-/m1/s1. The minimum absolute atomic E-state index is 0.0593. The zero-order chi connectivity index (χ0) is 24.8. The molecule has 35 heavy (non-hydrogen) atoms. The van der Waals surface area contributed by atoms with Gasteiger partial charge in [-0.1, -0.05) is 30.3 Å². The molecule has 2 heterocycles. The smallest absolute Gasteiger partial charge is 0.309 e. The number of benzene rings is 2. The van der Waals surface area contributed by atoms with Crippen LogP contribution in [0.5, 0.6) is 11.5 Å². The Labute approximate surface area is 206 Å². The number of methoxy groups -OCH3 is 2. The molecule has 0 radical (unpaired) electrons. The molecule has 0 unspecified atom stereocenters. The Hall–Kier alpha value is -3.39. The van der Waals surface area contributed by atoms with E-state index >= 15 is 0 Å². The van der Waals surface area contributed by atoms with E-state index in [-0.39, 0.29) is 30.4 Å². The van der Waals surface area contributed by atoms with Crippen LogP contribution in [0.4, 0.5) is 0 Å². The number of hydrogen-bond acceptors (Lipinski definition) is 7. The van der Waals surface area contributed by atoms with Gasteiger partial charge in [0.25, 0.3) is 5.91 Å². The minimum atomic E-state index is -0.192. The molecular formula is C27H33N3O5. The maximum Gasteiger partial charge on any atom is 0.309 e. The maximum absolute atomic E-state index is 13.5. The topological polar surface area (TPSA) is 80.7 Å². The van der Waals surface area contributed by atoms with E-state index < -0.39 is 0 Å². The average Bonchev–Trinajstić information content (AvgIpc) is 3.35. The van der Waals surface area contributed by atoms with Crippen LogP contribution in [0.3, 0.4) is 0 Å². The van der Waals surface area contributed by atoms with Gasteiger partial charge in [0.1, 0.15) is 11.5 Å². The summed E-state index contributed by atoms with van der Waals surface area (Å²) in [7, 11) is 3.23. The first-order valence-electron chi connectivity index (χ1n) is 12.1. The van der Waals surface area contributed by atoms with Crippen LogP contribution < -0.4 is 9.47 Å². The predicted molar refractivity (Wildman–Crippen MR) is 133 cm³/mol. The fourth-order valence-corrected chi connectivity index (χ4v) is 4.73. The quantitative estimate of drug-likeness (QED) is 0.538. The van der Waals surface area contributed by atoms with Crippen molar-refractivity contribution in [3.05, 3.63) is 59.7 Å². The van der Waals surface area contributed by atoms with E-state index in [1.54, 1.807) is 19.2 Å². The van der Waals surface area contributed by atoms with Crippen molar-refractivity contribution in [3.63, 3.8) is 0 Å². The van der Waals surface area contributed by atoms with Crippen molar-refractivity contribution in [1.82, 2.24) is 9.91 Å². The van der Waals surface area contributed by atoms with Crippen LogP contribution in [0, 0.1) is 5.92 Å². The molecule has 0 N–H and O–H groups in total. The van der Waals surface area contributed by atoms with E-state index in [1.807, 2.05) is 55.5 Å². The molecule has 0 aromatic heterocycles. The third-order valence-electron chi connectivity index (χ3n) is 6.64. The number of rotatable bonds is 8. The summed E-state index contributed by atoms with van der Waals surface area (Å²) in [6, 6.07) is 15.4. The molecule has 0 saturated carbocycles. The Morgan fingerprint density at radius 1 is 1.03 bits per heavy atom. The Bertz CT molecular complexity index is 1060. The number of ether oxygens (including phenoxy) is 3. The average molecular weight is 480 g/mol. The molecular weight excluding hydrogens is 446 g/mol. The van der Waals surface area contributed by atoms with E-state index in [1.165, 1.54) is 0 Å². The highest BCUT2D eigenvalue weighted by Gasteiger charge is 2.35. The van der Waals surface area contributed by atoms with Gasteiger partial charge in [0, 0.05) is 18.1 Å². The third-order valence-corrected chi connectivity index (χ3v) is 6.64. The monoisotopic (exact) mass is 479 g/mol. The van der Waals surface area contributed by atoms with Crippen LogP contribution in [0.1, 0.15) is 43.4 Å². The lowest BCUT2D eigenvalue weighted by Gasteiger charge is -2.31. The minimum Gasteiger partial charge on any atom is -0.497 e. The summed E-state index contributed by atoms with van der Waals surface area (Å²) in [6.07, 6.45) is 1.99. The number of nitrogens with zero attached hydrogens (tertiary/aromatic N) is 3.